The molecule has 0 atom stereocenters. The lowest BCUT2D eigenvalue weighted by atomic mass is 9.98. The predicted octanol–water partition coefficient (Wildman–Crippen LogP) is 2.67. The van der Waals surface area contributed by atoms with Crippen molar-refractivity contribution in [2.24, 2.45) is 0 Å². The summed E-state index contributed by atoms with van der Waals surface area (Å²) in [7, 11) is 0. The Labute approximate surface area is 103 Å². The van der Waals surface area contributed by atoms with E-state index in [2.05, 4.69) is 37.0 Å². The van der Waals surface area contributed by atoms with Crippen LogP contribution < -0.4 is 0 Å². The first-order valence-electron chi connectivity index (χ1n) is 6.22. The molecule has 90 valence electrons. The molecule has 0 spiro atoms. The second kappa shape index (κ2) is 5.28. The van der Waals surface area contributed by atoms with Gasteiger partial charge in [-0.1, -0.05) is 31.2 Å². The highest BCUT2D eigenvalue weighted by Crippen LogP contribution is 2.17. The average Bonchev–Trinajstić information content (AvgIpc) is 2.35. The molecule has 0 unspecified atom stereocenters. The second-order valence-corrected chi connectivity index (χ2v) is 4.57. The van der Waals surface area contributed by atoms with Gasteiger partial charge in [0, 0.05) is 25.1 Å². The molecule has 0 aliphatic carbocycles. The van der Waals surface area contributed by atoms with Crippen molar-refractivity contribution < 1.29 is 4.79 Å². The smallest absolute Gasteiger partial charge is 0.161 e. The second-order valence-electron chi connectivity index (χ2n) is 4.57. The number of aryl methyl sites for hydroxylation is 1. The van der Waals surface area contributed by atoms with E-state index in [0.717, 1.165) is 30.8 Å². The summed E-state index contributed by atoms with van der Waals surface area (Å²) in [5, 5.41) is 0. The third-order valence-corrected chi connectivity index (χ3v) is 3.37. The lowest BCUT2D eigenvalue weighted by Crippen LogP contribution is -2.35. The Morgan fingerprint density at radius 1 is 1.35 bits per heavy atom. The molecule has 17 heavy (non-hydrogen) atoms. The summed E-state index contributed by atoms with van der Waals surface area (Å²) in [5.74, 6) is 0.304. The van der Waals surface area contributed by atoms with Crippen molar-refractivity contribution in [2.45, 2.75) is 20.3 Å². The van der Waals surface area contributed by atoms with Crippen LogP contribution in [0.15, 0.2) is 29.8 Å². The Morgan fingerprint density at radius 2 is 2.12 bits per heavy atom. The van der Waals surface area contributed by atoms with Gasteiger partial charge >= 0.3 is 0 Å². The largest absolute Gasteiger partial charge is 0.299 e. The van der Waals surface area contributed by atoms with Crippen molar-refractivity contribution in [1.29, 1.82) is 0 Å². The van der Waals surface area contributed by atoms with Crippen LogP contribution >= 0.6 is 0 Å². The maximum atomic E-state index is 11.9. The van der Waals surface area contributed by atoms with Crippen molar-refractivity contribution >= 4 is 11.9 Å². The summed E-state index contributed by atoms with van der Waals surface area (Å²) in [6.45, 7) is 6.93. The van der Waals surface area contributed by atoms with Gasteiger partial charge in [0.2, 0.25) is 0 Å². The van der Waals surface area contributed by atoms with E-state index >= 15 is 0 Å². The number of likely N-dealkylation sites (N-methyl/N-ethyl adjacent to an activating group) is 1. The van der Waals surface area contributed by atoms with E-state index in [-0.39, 0.29) is 0 Å². The first-order valence-corrected chi connectivity index (χ1v) is 6.22. The van der Waals surface area contributed by atoms with Crippen LogP contribution in [0.1, 0.15) is 24.5 Å². The zero-order chi connectivity index (χ0) is 12.3. The van der Waals surface area contributed by atoms with Crippen LogP contribution in [0.5, 0.6) is 0 Å². The molecule has 1 aliphatic heterocycles. The summed E-state index contributed by atoms with van der Waals surface area (Å²) < 4.78 is 0. The van der Waals surface area contributed by atoms with Gasteiger partial charge in [-0.25, -0.2) is 0 Å². The molecule has 2 nitrogen and oxygen atoms in total. The van der Waals surface area contributed by atoms with E-state index < -0.39 is 0 Å². The number of hydrogen-bond donors (Lipinski definition) is 0. The minimum atomic E-state index is 0.304. The minimum absolute atomic E-state index is 0.304. The number of likely N-dealkylation sites (tertiary alicyclic amines) is 1. The van der Waals surface area contributed by atoms with Crippen molar-refractivity contribution in [3.8, 4) is 0 Å². The van der Waals surface area contributed by atoms with E-state index in [4.69, 9.17) is 0 Å². The van der Waals surface area contributed by atoms with Crippen molar-refractivity contribution in [1.82, 2.24) is 4.90 Å². The quantitative estimate of drug-likeness (QED) is 0.727. The fourth-order valence-electron chi connectivity index (χ4n) is 2.16. The molecule has 1 aromatic carbocycles. The number of carbonyl (C=O) groups excluding carboxylic acids is 1. The molecular formula is C15H19NO. The van der Waals surface area contributed by atoms with Crippen LogP contribution in [0.3, 0.4) is 0 Å². The van der Waals surface area contributed by atoms with E-state index in [9.17, 15) is 4.79 Å². The van der Waals surface area contributed by atoms with Gasteiger partial charge in [-0.3, -0.25) is 9.69 Å². The molecule has 0 radical (unpaired) electrons. The third kappa shape index (κ3) is 2.83. The molecule has 1 fully saturated rings. The highest BCUT2D eigenvalue weighted by atomic mass is 16.1. The Balaban J connectivity index is 2.25. The molecule has 1 aromatic rings. The molecule has 0 saturated carbocycles. The monoisotopic (exact) mass is 229 g/mol. The van der Waals surface area contributed by atoms with Gasteiger partial charge in [0.05, 0.1) is 0 Å². The maximum Gasteiger partial charge on any atom is 0.161 e. The average molecular weight is 229 g/mol. The highest BCUT2D eigenvalue weighted by molar-refractivity contribution is 6.00. The Bertz CT molecular complexity index is 448. The molecule has 1 saturated heterocycles. The van der Waals surface area contributed by atoms with Gasteiger partial charge in [-0.05, 0) is 30.7 Å². The third-order valence-electron chi connectivity index (χ3n) is 3.37. The summed E-state index contributed by atoms with van der Waals surface area (Å²) in [6.07, 6.45) is 2.71. The molecule has 0 N–H and O–H groups in total. The molecule has 2 heteroatoms. The number of carbonyl (C=O) groups is 1. The van der Waals surface area contributed by atoms with Crippen LogP contribution in [0.4, 0.5) is 0 Å². The normalized spacial score (nSPS) is 19.9. The van der Waals surface area contributed by atoms with Crippen LogP contribution in [-0.2, 0) is 4.79 Å². The molecular weight excluding hydrogens is 210 g/mol. The van der Waals surface area contributed by atoms with Crippen LogP contribution in [0.25, 0.3) is 6.08 Å². The van der Waals surface area contributed by atoms with Gasteiger partial charge in [-0.2, -0.15) is 0 Å². The number of Topliss-reactive ketones (excluding diaryl/α,β-unsaturated/α-hetero) is 1. The summed E-state index contributed by atoms with van der Waals surface area (Å²) in [5.41, 5.74) is 3.34. The maximum absolute atomic E-state index is 11.9. The number of nitrogens with zero attached hydrogens (tertiary/aromatic N) is 1. The molecule has 0 amide bonds. The molecule has 0 bridgehead atoms. The highest BCUT2D eigenvalue weighted by Gasteiger charge is 2.19. The number of hydrogen-bond acceptors (Lipinski definition) is 2. The Morgan fingerprint density at radius 3 is 2.82 bits per heavy atom. The van der Waals surface area contributed by atoms with E-state index in [0.29, 0.717) is 12.2 Å². The first-order chi connectivity index (χ1) is 8.20. The van der Waals surface area contributed by atoms with E-state index in [1.807, 2.05) is 12.1 Å². The summed E-state index contributed by atoms with van der Waals surface area (Å²) in [6, 6.07) is 8.19. The number of ketones is 1. The van der Waals surface area contributed by atoms with Crippen LogP contribution in [0.2, 0.25) is 0 Å². The van der Waals surface area contributed by atoms with E-state index in [1.54, 1.807) is 0 Å². The van der Waals surface area contributed by atoms with E-state index in [1.165, 1.54) is 5.56 Å². The number of rotatable bonds is 2. The van der Waals surface area contributed by atoms with Gasteiger partial charge in [0.25, 0.3) is 0 Å². The SMILES string of the molecule is CCN1CCC(=O)/C(=C/c2ccccc2C)C1. The fraction of sp³-hybridized carbons (Fsp3) is 0.400. The molecule has 0 aromatic heterocycles. The van der Waals surface area contributed by atoms with Crippen LogP contribution in [-0.4, -0.2) is 30.3 Å². The predicted molar refractivity (Wildman–Crippen MR) is 70.9 cm³/mol. The van der Waals surface area contributed by atoms with Crippen LogP contribution in [0, 0.1) is 6.92 Å². The lowest BCUT2D eigenvalue weighted by Gasteiger charge is -2.26. The van der Waals surface area contributed by atoms with Crippen molar-refractivity contribution in [3.63, 3.8) is 0 Å². The minimum Gasteiger partial charge on any atom is -0.299 e. The molecule has 2 rings (SSSR count). The van der Waals surface area contributed by atoms with Gasteiger partial charge in [0.15, 0.2) is 5.78 Å². The summed E-state index contributed by atoms with van der Waals surface area (Å²) in [4.78, 5) is 14.2. The van der Waals surface area contributed by atoms with Gasteiger partial charge in [-0.15, -0.1) is 0 Å². The summed E-state index contributed by atoms with van der Waals surface area (Å²) >= 11 is 0. The zero-order valence-corrected chi connectivity index (χ0v) is 10.6. The van der Waals surface area contributed by atoms with Crippen molar-refractivity contribution in [3.05, 3.63) is 41.0 Å². The zero-order valence-electron chi connectivity index (χ0n) is 10.6. The number of piperidine rings is 1. The topological polar surface area (TPSA) is 20.3 Å². The molecule has 1 aliphatic rings. The Hall–Kier alpha value is -1.41. The van der Waals surface area contributed by atoms with Crippen molar-refractivity contribution in [2.75, 3.05) is 19.6 Å². The fourth-order valence-corrected chi connectivity index (χ4v) is 2.16. The first kappa shape index (κ1) is 12.1. The lowest BCUT2D eigenvalue weighted by molar-refractivity contribution is -0.117. The standard InChI is InChI=1S/C15H19NO/c1-3-16-9-8-15(17)14(11-16)10-13-7-5-4-6-12(13)2/h4-7,10H,3,8-9,11H2,1-2H3/b14-10+. The number of benzene rings is 1. The van der Waals surface area contributed by atoms with Gasteiger partial charge < -0.3 is 0 Å². The van der Waals surface area contributed by atoms with Gasteiger partial charge in [0.1, 0.15) is 0 Å². The Kier molecular flexibility index (Phi) is 3.75. The molecule has 1 heterocycles.